The summed E-state index contributed by atoms with van der Waals surface area (Å²) < 4.78 is 0. The van der Waals surface area contributed by atoms with Crippen LogP contribution in [0.3, 0.4) is 0 Å². The molecule has 0 unspecified atom stereocenters. The quantitative estimate of drug-likeness (QED) is 0.865. The summed E-state index contributed by atoms with van der Waals surface area (Å²) in [7, 11) is 0. The van der Waals surface area contributed by atoms with Crippen LogP contribution < -0.4 is 5.32 Å². The van der Waals surface area contributed by atoms with E-state index in [9.17, 15) is 0 Å². The van der Waals surface area contributed by atoms with E-state index in [2.05, 4.69) is 48.4 Å². The highest BCUT2D eigenvalue weighted by molar-refractivity contribution is 7.09. The second-order valence-electron chi connectivity index (χ2n) is 4.10. The molecule has 3 heteroatoms. The van der Waals surface area contributed by atoms with Gasteiger partial charge in [0.1, 0.15) is 0 Å². The van der Waals surface area contributed by atoms with Crippen molar-refractivity contribution in [3.8, 4) is 0 Å². The van der Waals surface area contributed by atoms with Gasteiger partial charge in [-0.2, -0.15) is 0 Å². The molecule has 0 radical (unpaired) electrons. The van der Waals surface area contributed by atoms with E-state index in [1.165, 1.54) is 16.1 Å². The predicted octanol–water partition coefficient (Wildman–Crippen LogP) is 3.88. The Morgan fingerprint density at radius 3 is 2.94 bits per heavy atom. The average molecular weight is 232 g/mol. The Hall–Kier alpha value is -1.35. The van der Waals surface area contributed by atoms with Gasteiger partial charge in [0.2, 0.25) is 0 Å². The Labute approximate surface area is 100 Å². The van der Waals surface area contributed by atoms with Crippen LogP contribution >= 0.6 is 11.3 Å². The van der Waals surface area contributed by atoms with Crippen LogP contribution in [0.5, 0.6) is 0 Å². The summed E-state index contributed by atoms with van der Waals surface area (Å²) in [5.41, 5.74) is 4.41. The maximum absolute atomic E-state index is 4.06. The van der Waals surface area contributed by atoms with E-state index in [1.807, 2.05) is 11.7 Å². The molecular weight excluding hydrogens is 216 g/mol. The standard InChI is InChI=1S/C13H16N2S/c1-10(2)11-4-3-5-12(6-11)15-8-13-7-14-9-16-13/h3-7,9-10,15H,8H2,1-2H3. The van der Waals surface area contributed by atoms with Crippen LogP contribution in [0, 0.1) is 0 Å². The van der Waals surface area contributed by atoms with Gasteiger partial charge in [-0.1, -0.05) is 26.0 Å². The lowest BCUT2D eigenvalue weighted by Gasteiger charge is -2.09. The van der Waals surface area contributed by atoms with Gasteiger partial charge in [0.05, 0.1) is 12.1 Å². The molecule has 2 rings (SSSR count). The zero-order valence-corrected chi connectivity index (χ0v) is 10.4. The van der Waals surface area contributed by atoms with Crippen LogP contribution in [0.25, 0.3) is 0 Å². The van der Waals surface area contributed by atoms with Crippen LogP contribution in [-0.4, -0.2) is 4.98 Å². The van der Waals surface area contributed by atoms with E-state index in [0.29, 0.717) is 5.92 Å². The minimum absolute atomic E-state index is 0.574. The van der Waals surface area contributed by atoms with Gasteiger partial charge >= 0.3 is 0 Å². The highest BCUT2D eigenvalue weighted by Gasteiger charge is 2.00. The summed E-state index contributed by atoms with van der Waals surface area (Å²) in [6.07, 6.45) is 1.91. The van der Waals surface area contributed by atoms with Crippen molar-refractivity contribution in [1.29, 1.82) is 0 Å². The first-order valence-corrected chi connectivity index (χ1v) is 6.35. The van der Waals surface area contributed by atoms with Crippen LogP contribution in [0.1, 0.15) is 30.2 Å². The Morgan fingerprint density at radius 2 is 2.25 bits per heavy atom. The van der Waals surface area contributed by atoms with Gasteiger partial charge in [0.15, 0.2) is 0 Å². The molecule has 0 fully saturated rings. The molecule has 0 amide bonds. The molecule has 16 heavy (non-hydrogen) atoms. The fraction of sp³-hybridized carbons (Fsp3) is 0.308. The third kappa shape index (κ3) is 2.83. The SMILES string of the molecule is CC(C)c1cccc(NCc2cncs2)c1. The second-order valence-corrected chi connectivity index (χ2v) is 5.07. The molecule has 1 aromatic heterocycles. The van der Waals surface area contributed by atoms with Gasteiger partial charge in [-0.05, 0) is 23.6 Å². The molecule has 84 valence electrons. The molecule has 0 aliphatic carbocycles. The highest BCUT2D eigenvalue weighted by Crippen LogP contribution is 2.19. The van der Waals surface area contributed by atoms with E-state index >= 15 is 0 Å². The van der Waals surface area contributed by atoms with Crippen molar-refractivity contribution in [2.75, 3.05) is 5.32 Å². The van der Waals surface area contributed by atoms with Crippen LogP contribution in [-0.2, 0) is 6.54 Å². The topological polar surface area (TPSA) is 24.9 Å². The summed E-state index contributed by atoms with van der Waals surface area (Å²) in [5.74, 6) is 0.574. The number of benzene rings is 1. The summed E-state index contributed by atoms with van der Waals surface area (Å²) in [6.45, 7) is 5.27. The molecule has 0 aliphatic heterocycles. The second kappa shape index (κ2) is 5.12. The largest absolute Gasteiger partial charge is 0.380 e. The van der Waals surface area contributed by atoms with Crippen molar-refractivity contribution in [2.45, 2.75) is 26.3 Å². The molecule has 2 nitrogen and oxygen atoms in total. The Balaban J connectivity index is 2.01. The number of nitrogens with one attached hydrogen (secondary N) is 1. The van der Waals surface area contributed by atoms with Gasteiger partial charge in [0, 0.05) is 16.8 Å². The third-order valence-electron chi connectivity index (χ3n) is 2.50. The maximum Gasteiger partial charge on any atom is 0.0794 e. The minimum atomic E-state index is 0.574. The number of thiazole rings is 1. The summed E-state index contributed by atoms with van der Waals surface area (Å²) in [6, 6.07) is 8.59. The molecule has 1 aromatic carbocycles. The maximum atomic E-state index is 4.06. The summed E-state index contributed by atoms with van der Waals surface area (Å²) in [4.78, 5) is 5.32. The van der Waals surface area contributed by atoms with E-state index in [1.54, 1.807) is 11.3 Å². The molecule has 0 atom stereocenters. The van der Waals surface area contributed by atoms with Gasteiger partial charge in [0.25, 0.3) is 0 Å². The lowest BCUT2D eigenvalue weighted by Crippen LogP contribution is -1.98. The normalized spacial score (nSPS) is 10.7. The van der Waals surface area contributed by atoms with E-state index < -0.39 is 0 Å². The molecule has 2 aromatic rings. The minimum Gasteiger partial charge on any atom is -0.380 e. The number of rotatable bonds is 4. The number of anilines is 1. The monoisotopic (exact) mass is 232 g/mol. The smallest absolute Gasteiger partial charge is 0.0794 e. The first-order chi connectivity index (χ1) is 7.75. The third-order valence-corrected chi connectivity index (χ3v) is 3.28. The number of hydrogen-bond donors (Lipinski definition) is 1. The summed E-state index contributed by atoms with van der Waals surface area (Å²) >= 11 is 1.68. The van der Waals surface area contributed by atoms with Gasteiger partial charge < -0.3 is 5.32 Å². The van der Waals surface area contributed by atoms with Crippen molar-refractivity contribution in [1.82, 2.24) is 4.98 Å². The Morgan fingerprint density at radius 1 is 1.38 bits per heavy atom. The van der Waals surface area contributed by atoms with Crippen molar-refractivity contribution in [3.05, 3.63) is 46.4 Å². The molecular formula is C13H16N2S. The average Bonchev–Trinajstić information content (AvgIpc) is 2.79. The Bertz CT molecular complexity index is 435. The van der Waals surface area contributed by atoms with Gasteiger partial charge in [-0.25, -0.2) is 0 Å². The number of aromatic nitrogens is 1. The molecule has 0 spiro atoms. The molecule has 0 saturated heterocycles. The molecule has 1 N–H and O–H groups in total. The number of nitrogens with zero attached hydrogens (tertiary/aromatic N) is 1. The van der Waals surface area contributed by atoms with Gasteiger partial charge in [-0.3, -0.25) is 4.98 Å². The van der Waals surface area contributed by atoms with Crippen LogP contribution in [0.2, 0.25) is 0 Å². The summed E-state index contributed by atoms with van der Waals surface area (Å²) in [5, 5.41) is 3.41. The number of hydrogen-bond acceptors (Lipinski definition) is 3. The zero-order valence-electron chi connectivity index (χ0n) is 9.60. The Kier molecular flexibility index (Phi) is 3.57. The van der Waals surface area contributed by atoms with Crippen LogP contribution in [0.15, 0.2) is 36.0 Å². The highest BCUT2D eigenvalue weighted by atomic mass is 32.1. The zero-order chi connectivity index (χ0) is 11.4. The molecule has 0 bridgehead atoms. The predicted molar refractivity (Wildman–Crippen MR) is 70.0 cm³/mol. The van der Waals surface area contributed by atoms with Crippen molar-refractivity contribution in [3.63, 3.8) is 0 Å². The lowest BCUT2D eigenvalue weighted by atomic mass is 10.0. The van der Waals surface area contributed by atoms with Crippen molar-refractivity contribution in [2.24, 2.45) is 0 Å². The lowest BCUT2D eigenvalue weighted by molar-refractivity contribution is 0.866. The fourth-order valence-electron chi connectivity index (χ4n) is 1.53. The first kappa shape index (κ1) is 11.1. The first-order valence-electron chi connectivity index (χ1n) is 5.47. The van der Waals surface area contributed by atoms with E-state index in [-0.39, 0.29) is 0 Å². The molecule has 1 heterocycles. The van der Waals surface area contributed by atoms with E-state index in [0.717, 1.165) is 6.54 Å². The fourth-order valence-corrected chi connectivity index (χ4v) is 2.06. The van der Waals surface area contributed by atoms with E-state index in [4.69, 9.17) is 0 Å². The molecule has 0 aliphatic rings. The van der Waals surface area contributed by atoms with Crippen molar-refractivity contribution >= 4 is 17.0 Å². The molecule has 0 saturated carbocycles. The van der Waals surface area contributed by atoms with Crippen LogP contribution in [0.4, 0.5) is 5.69 Å². The van der Waals surface area contributed by atoms with Gasteiger partial charge in [-0.15, -0.1) is 11.3 Å². The van der Waals surface area contributed by atoms with Crippen molar-refractivity contribution < 1.29 is 0 Å².